The lowest BCUT2D eigenvalue weighted by atomic mass is 9.92. The molecule has 15 atom stereocenters. The largest absolute Gasteiger partial charge is 0.431 e. The van der Waals surface area contributed by atoms with Crippen LogP contribution in [-0.2, 0) is 39.9 Å². The number of carbonyl (C=O) groups is 7. The molecule has 5 heterocycles. The van der Waals surface area contributed by atoms with Gasteiger partial charge in [-0.1, -0.05) is 66.7 Å². The second kappa shape index (κ2) is 26.6. The predicted octanol–water partition coefficient (Wildman–Crippen LogP) is -5.84. The molecule has 440 valence electrons. The molecular weight excluding hydrogens is 1120 g/mol. The number of halogens is 1. The lowest BCUT2D eigenvalue weighted by molar-refractivity contribution is -0.260. The van der Waals surface area contributed by atoms with E-state index in [0.29, 0.717) is 21.7 Å². The number of ether oxygens (including phenoxy) is 1. The van der Waals surface area contributed by atoms with E-state index in [4.69, 9.17) is 32.2 Å². The van der Waals surface area contributed by atoms with E-state index in [9.17, 15) is 64.5 Å². The van der Waals surface area contributed by atoms with Gasteiger partial charge in [0.1, 0.15) is 72.3 Å². The Bertz CT molecular complexity index is 3070. The SMILES string of the molecule is C[C@@H](c1ccccc1)[C@@H]1NC(=O)CNC(=O)[C@H](CO)NC(=O)[C@@H]([C@@H](O)[C@@H]2CN=C(N)N2[C@H]2O[C@H](CO)[C@@H](O)[C@H](O)[C@@H]2O)NC(=O)[C@H]([C@@H](O)[C@@H]2CNC(N)=N2)NC(=O)[C@@H](Cc2ccc3oc(SCC(=O)c4ccc(Cl)cc4)nc3c2)NC1=O. The molecule has 0 radical (unpaired) electrons. The van der Waals surface area contributed by atoms with Crippen LogP contribution in [0.3, 0.4) is 0 Å². The van der Waals surface area contributed by atoms with Crippen molar-refractivity contribution in [3.05, 3.63) is 94.5 Å². The molecule has 0 aliphatic carbocycles. The first-order valence-electron chi connectivity index (χ1n) is 25.7. The topological polar surface area (TPSA) is 461 Å². The molecule has 1 aromatic heterocycles. The number of benzene rings is 3. The van der Waals surface area contributed by atoms with Crippen LogP contribution in [0.5, 0.6) is 0 Å². The van der Waals surface area contributed by atoms with Crippen LogP contribution in [0.2, 0.25) is 5.02 Å². The number of oxazole rings is 1. The van der Waals surface area contributed by atoms with Crippen molar-refractivity contribution in [1.82, 2.24) is 47.1 Å². The van der Waals surface area contributed by atoms with E-state index in [1.807, 2.05) is 0 Å². The van der Waals surface area contributed by atoms with Gasteiger partial charge in [0.2, 0.25) is 35.4 Å². The molecule has 6 amide bonds. The number of aliphatic imine (C=N–C) groups is 2. The number of fused-ring (bicyclic) bond motifs is 1. The molecule has 4 aliphatic heterocycles. The Morgan fingerprint density at radius 1 is 0.780 bits per heavy atom. The summed E-state index contributed by atoms with van der Waals surface area (Å²) < 4.78 is 11.6. The van der Waals surface area contributed by atoms with Gasteiger partial charge in [0.05, 0.1) is 44.1 Å². The lowest BCUT2D eigenvalue weighted by Crippen LogP contribution is -2.70. The minimum absolute atomic E-state index is 0.0474. The fourth-order valence-corrected chi connectivity index (χ4v) is 10.5. The molecule has 0 unspecified atom stereocenters. The normalized spacial score (nSPS) is 29.1. The third kappa shape index (κ3) is 13.9. The summed E-state index contributed by atoms with van der Waals surface area (Å²) in [5.74, 6) is -8.68. The average Bonchev–Trinajstić information content (AvgIpc) is 3.84. The average molecular weight is 1180 g/mol. The van der Waals surface area contributed by atoms with E-state index in [-0.39, 0.29) is 46.8 Å². The van der Waals surface area contributed by atoms with Crippen LogP contribution in [0.25, 0.3) is 11.1 Å². The Kier molecular flexibility index (Phi) is 19.6. The summed E-state index contributed by atoms with van der Waals surface area (Å²) in [5.41, 5.74) is 14.0. The first kappa shape index (κ1) is 60.6. The number of amides is 6. The molecule has 82 heavy (non-hydrogen) atoms. The third-order valence-electron chi connectivity index (χ3n) is 14.3. The Labute approximate surface area is 475 Å². The van der Waals surface area contributed by atoms with Crippen LogP contribution in [0.1, 0.15) is 34.3 Å². The number of guanidine groups is 2. The lowest BCUT2D eigenvalue weighted by Gasteiger charge is -2.46. The number of thioether (sulfide) groups is 1. The van der Waals surface area contributed by atoms with Crippen LogP contribution in [0, 0.1) is 0 Å². The number of nitrogens with zero attached hydrogens (tertiary/aromatic N) is 4. The molecule has 2 fully saturated rings. The number of hydrogen-bond acceptors (Lipinski definition) is 24. The number of nitrogens with one attached hydrogen (secondary N) is 7. The summed E-state index contributed by atoms with van der Waals surface area (Å²) >= 11 is 7.01. The number of rotatable bonds is 15. The number of carbonyl (C=O) groups excluding carboxylic acids is 7. The van der Waals surface area contributed by atoms with Crippen molar-refractivity contribution in [2.75, 3.05) is 38.6 Å². The van der Waals surface area contributed by atoms with Gasteiger partial charge in [-0.3, -0.25) is 38.6 Å². The summed E-state index contributed by atoms with van der Waals surface area (Å²) in [7, 11) is 0. The Morgan fingerprint density at radius 2 is 1.45 bits per heavy atom. The maximum atomic E-state index is 15.1. The first-order valence-corrected chi connectivity index (χ1v) is 27.1. The van der Waals surface area contributed by atoms with Gasteiger partial charge in [0.15, 0.2) is 29.5 Å². The van der Waals surface area contributed by atoms with Crippen molar-refractivity contribution in [1.29, 1.82) is 0 Å². The van der Waals surface area contributed by atoms with Gasteiger partial charge in [0.25, 0.3) is 5.22 Å². The maximum absolute atomic E-state index is 15.1. The van der Waals surface area contributed by atoms with Crippen LogP contribution >= 0.6 is 23.4 Å². The number of aliphatic hydroxyl groups is 7. The fraction of sp³-hybridized carbons (Fsp3) is 0.451. The number of aliphatic hydroxyl groups excluding tert-OH is 7. The van der Waals surface area contributed by atoms with Crippen molar-refractivity contribution in [2.24, 2.45) is 21.5 Å². The Hall–Kier alpha value is -7.52. The molecule has 0 bridgehead atoms. The Balaban J connectivity index is 1.16. The van der Waals surface area contributed by atoms with Crippen molar-refractivity contribution in [3.8, 4) is 0 Å². The molecule has 8 rings (SSSR count). The van der Waals surface area contributed by atoms with E-state index in [0.717, 1.165) is 16.7 Å². The van der Waals surface area contributed by atoms with Crippen molar-refractivity contribution >= 4 is 87.6 Å². The van der Waals surface area contributed by atoms with Crippen molar-refractivity contribution < 1.29 is 78.5 Å². The van der Waals surface area contributed by atoms with E-state index in [1.54, 1.807) is 73.7 Å². The van der Waals surface area contributed by atoms with Crippen LogP contribution in [-0.4, -0.2) is 223 Å². The van der Waals surface area contributed by atoms with E-state index in [1.165, 1.54) is 6.07 Å². The molecule has 0 spiro atoms. The van der Waals surface area contributed by atoms with Crippen molar-refractivity contribution in [3.63, 3.8) is 0 Å². The number of aromatic nitrogens is 1. The van der Waals surface area contributed by atoms with Gasteiger partial charge in [-0.2, -0.15) is 0 Å². The highest BCUT2D eigenvalue weighted by molar-refractivity contribution is 7.99. The number of ketones is 1. The number of hydrogen-bond donors (Lipinski definition) is 16. The van der Waals surface area contributed by atoms with Crippen LogP contribution in [0.4, 0.5) is 0 Å². The van der Waals surface area contributed by atoms with Gasteiger partial charge < -0.3 is 98.5 Å². The number of Topliss-reactive ketones (excluding diaryl/α,β-unsaturated/α-hetero) is 1. The summed E-state index contributed by atoms with van der Waals surface area (Å²) in [6, 6.07) is 7.05. The molecule has 4 aliphatic rings. The first-order chi connectivity index (χ1) is 39.1. The summed E-state index contributed by atoms with van der Waals surface area (Å²) in [5, 5.41) is 94.8. The van der Waals surface area contributed by atoms with Gasteiger partial charge in [-0.15, -0.1) is 0 Å². The second-order valence-corrected chi connectivity index (χ2v) is 21.1. The maximum Gasteiger partial charge on any atom is 0.257 e. The van der Waals surface area contributed by atoms with E-state index < -0.39 is 159 Å². The zero-order chi connectivity index (χ0) is 59.1. The molecule has 18 N–H and O–H groups in total. The van der Waals surface area contributed by atoms with Gasteiger partial charge >= 0.3 is 0 Å². The van der Waals surface area contributed by atoms with Crippen molar-refractivity contribution in [2.45, 2.75) is 110 Å². The van der Waals surface area contributed by atoms with Gasteiger partial charge in [0, 0.05) is 29.5 Å². The highest BCUT2D eigenvalue weighted by Gasteiger charge is 2.52. The Morgan fingerprint density at radius 3 is 2.13 bits per heavy atom. The smallest absolute Gasteiger partial charge is 0.257 e. The van der Waals surface area contributed by atoms with Gasteiger partial charge in [-0.05, 0) is 47.5 Å². The number of nitrogens with two attached hydrogens (primary N) is 2. The predicted molar refractivity (Wildman–Crippen MR) is 290 cm³/mol. The molecule has 2 saturated heterocycles. The third-order valence-corrected chi connectivity index (χ3v) is 15.4. The second-order valence-electron chi connectivity index (χ2n) is 19.8. The molecule has 3 aromatic carbocycles. The molecule has 0 saturated carbocycles. The quantitative estimate of drug-likeness (QED) is 0.0389. The molecule has 4 aromatic rings. The highest BCUT2D eigenvalue weighted by Crippen LogP contribution is 2.30. The minimum Gasteiger partial charge on any atom is -0.431 e. The van der Waals surface area contributed by atoms with Crippen LogP contribution in [0.15, 0.2) is 92.4 Å². The minimum atomic E-state index is -2.29. The standard InChI is InChI=1S/C51H62ClN13O16S/c1-21(23-5-3-2-4-6-23)35-45(77)58-27(14-22-7-12-32-26(13-22)61-51(81-32)82-20-31(68)24-8-10-25(52)11-9-24)44(76)63-36(38(70)28-15-56-49(53)60-28)47(79)64-37(46(78)59-29(18-66)43(75)55-17-34(69)62-35)39(71)30-16-57-50(54)65(30)48-42(74)41(73)40(72)33(19-67)80-48/h2-13,21,27-30,33,35-42,48,66-67,70-74H,14-20H2,1H3,(H2,54,57)(H,55,75)(H,58,77)(H,59,78)(H,62,69)(H,63,76)(H,64,79)(H3,53,56,60)/t21-,27+,28-,29-,30-,33+,35-,36-,37+,38-,39-,40+,41-,42-,48-/m0/s1. The summed E-state index contributed by atoms with van der Waals surface area (Å²) in [6.45, 7) is -1.93. The summed E-state index contributed by atoms with van der Waals surface area (Å²) in [4.78, 5) is 113. The monoisotopic (exact) mass is 1180 g/mol. The molecule has 29 nitrogen and oxygen atoms in total. The van der Waals surface area contributed by atoms with Gasteiger partial charge in [-0.25, -0.2) is 9.98 Å². The zero-order valence-corrected chi connectivity index (χ0v) is 45.1. The molecular formula is C51H62ClN13O16S. The fourth-order valence-electron chi connectivity index (χ4n) is 9.69. The van der Waals surface area contributed by atoms with E-state index in [2.05, 4.69) is 52.2 Å². The summed E-state index contributed by atoms with van der Waals surface area (Å²) in [6.07, 6.45) is -13.7. The van der Waals surface area contributed by atoms with Crippen LogP contribution < -0.4 is 48.7 Å². The highest BCUT2D eigenvalue weighted by atomic mass is 35.5. The van der Waals surface area contributed by atoms with E-state index >= 15 is 4.79 Å². The zero-order valence-electron chi connectivity index (χ0n) is 43.6. The molecule has 31 heteroatoms.